The third kappa shape index (κ3) is 4.56. The Bertz CT molecular complexity index is 1160. The van der Waals surface area contributed by atoms with E-state index < -0.39 is 18.2 Å². The van der Waals surface area contributed by atoms with Crippen LogP contribution in [0.15, 0.2) is 30.3 Å². The number of esters is 1. The fraction of sp³-hybridized carbons (Fsp3) is 0.771. The van der Waals surface area contributed by atoms with E-state index in [-0.39, 0.29) is 23.5 Å². The van der Waals surface area contributed by atoms with Gasteiger partial charge in [0.05, 0.1) is 12.2 Å². The van der Waals surface area contributed by atoms with Crippen LogP contribution in [-0.4, -0.2) is 53.6 Å². The molecule has 12 atom stereocenters. The van der Waals surface area contributed by atoms with Gasteiger partial charge in [-0.2, -0.15) is 0 Å². The average Bonchev–Trinajstić information content (AvgIpc) is 3.58. The Morgan fingerprint density at radius 3 is 2.40 bits per heavy atom. The van der Waals surface area contributed by atoms with E-state index >= 15 is 0 Å². The maximum atomic E-state index is 13.3. The van der Waals surface area contributed by atoms with Crippen LogP contribution in [0.25, 0.3) is 0 Å². The molecule has 3 N–H and O–H groups in total. The van der Waals surface area contributed by atoms with Gasteiger partial charge in [-0.05, 0) is 116 Å². The summed E-state index contributed by atoms with van der Waals surface area (Å²) in [7, 11) is 1.00. The van der Waals surface area contributed by atoms with E-state index in [1.54, 1.807) is 0 Å². The van der Waals surface area contributed by atoms with Crippen molar-refractivity contribution in [3.05, 3.63) is 35.9 Å². The molecule has 1 heterocycles. The lowest BCUT2D eigenvalue weighted by molar-refractivity contribution is -0.177. The molecule has 1 aromatic carbocycles. The number of rotatable bonds is 5. The fourth-order valence-electron chi connectivity index (χ4n) is 11.5. The van der Waals surface area contributed by atoms with E-state index in [0.29, 0.717) is 41.0 Å². The molecule has 0 bridgehead atoms. The molecular formula is C35H51NO6. The highest BCUT2D eigenvalue weighted by molar-refractivity contribution is 5.84. The summed E-state index contributed by atoms with van der Waals surface area (Å²) in [6.45, 7) is 6.63. The minimum atomic E-state index is -0.916. The summed E-state index contributed by atoms with van der Waals surface area (Å²) in [5.74, 6) is 2.35. The summed E-state index contributed by atoms with van der Waals surface area (Å²) in [5.41, 5.74) is 2.26. The van der Waals surface area contributed by atoms with Crippen molar-refractivity contribution in [1.82, 2.24) is 5.32 Å². The van der Waals surface area contributed by atoms with Gasteiger partial charge in [-0.3, -0.25) is 9.59 Å². The smallest absolute Gasteiger partial charge is 0.303 e. The van der Waals surface area contributed by atoms with Crippen molar-refractivity contribution in [2.45, 2.75) is 116 Å². The van der Waals surface area contributed by atoms with Crippen LogP contribution >= 0.6 is 0 Å². The maximum Gasteiger partial charge on any atom is 0.303 e. The second kappa shape index (κ2) is 11.2. The molecule has 1 saturated heterocycles. The number of hydrogen-bond acceptors (Lipinski definition) is 6. The van der Waals surface area contributed by atoms with Crippen LogP contribution in [0.3, 0.4) is 0 Å². The molecule has 0 aromatic heterocycles. The monoisotopic (exact) mass is 581 g/mol. The number of fused-ring (bicyclic) bond motifs is 4. The Morgan fingerprint density at radius 1 is 0.976 bits per heavy atom. The van der Waals surface area contributed by atoms with Gasteiger partial charge in [-0.25, -0.2) is 0 Å². The van der Waals surface area contributed by atoms with Gasteiger partial charge >= 0.3 is 5.97 Å². The third-order valence-corrected chi connectivity index (χ3v) is 13.4. The van der Waals surface area contributed by atoms with Crippen LogP contribution in [0.1, 0.15) is 90.5 Å². The van der Waals surface area contributed by atoms with Crippen LogP contribution in [0.5, 0.6) is 0 Å². The zero-order chi connectivity index (χ0) is 29.9. The average molecular weight is 582 g/mol. The molecular weight excluding hydrogens is 530 g/mol. The van der Waals surface area contributed by atoms with Crippen LogP contribution in [0, 0.1) is 45.8 Å². The first-order valence-corrected chi connectivity index (χ1v) is 16.5. The molecule has 7 heteroatoms. The fourth-order valence-corrected chi connectivity index (χ4v) is 11.5. The number of amides is 1. The number of ether oxygens (including phenoxy) is 2. The molecule has 5 aliphatic carbocycles. The quantitative estimate of drug-likeness (QED) is 0.422. The summed E-state index contributed by atoms with van der Waals surface area (Å²) in [6, 6.07) is 9.81. The highest BCUT2D eigenvalue weighted by atomic mass is 16.6. The van der Waals surface area contributed by atoms with Gasteiger partial charge in [-0.1, -0.05) is 44.2 Å². The van der Waals surface area contributed by atoms with Crippen LogP contribution in [-0.2, 0) is 25.6 Å². The lowest BCUT2D eigenvalue weighted by Gasteiger charge is -2.57. The van der Waals surface area contributed by atoms with E-state index in [4.69, 9.17) is 14.6 Å². The number of nitrogens with one attached hydrogen (secondary N) is 1. The molecule has 6 fully saturated rings. The summed E-state index contributed by atoms with van der Waals surface area (Å²) in [6.07, 6.45) is 10.3. The van der Waals surface area contributed by atoms with E-state index in [1.165, 1.54) is 45.4 Å². The van der Waals surface area contributed by atoms with Crippen molar-refractivity contribution in [2.24, 2.45) is 45.8 Å². The van der Waals surface area contributed by atoms with Crippen LogP contribution in [0.4, 0.5) is 0 Å². The van der Waals surface area contributed by atoms with Gasteiger partial charge in [0.15, 0.2) is 0 Å². The zero-order valence-electron chi connectivity index (χ0n) is 25.9. The van der Waals surface area contributed by atoms with Gasteiger partial charge in [0.25, 0.3) is 5.91 Å². The third-order valence-electron chi connectivity index (χ3n) is 13.4. The summed E-state index contributed by atoms with van der Waals surface area (Å²) in [4.78, 5) is 25.3. The molecule has 7 nitrogen and oxygen atoms in total. The standard InChI is InChI=1S/C34H47NO5.CH4O/c1-20-23-9-10-24-26-17-29-25(32(26,3)15-16-34(24)19-33(23,34)14-13-27(20)37)11-12-28(40-29)30(39-21(2)36)31(38)35-18-22-7-5-4-6-8-22;1-2/h4-8,20,23-30,37H,9-19H2,1-3H3,(H,35,38);2H,1H3/t20-,23?,24?,25?,26?,27+,28?,29?,30?,32-,33-,34+;/m1./s1. The van der Waals surface area contributed by atoms with Gasteiger partial charge in [-0.15, -0.1) is 0 Å². The van der Waals surface area contributed by atoms with Gasteiger partial charge in [0, 0.05) is 20.6 Å². The molecule has 2 spiro atoms. The second-order valence-electron chi connectivity index (χ2n) is 14.7. The Kier molecular flexibility index (Phi) is 8.02. The lowest BCUT2D eigenvalue weighted by Crippen LogP contribution is -2.52. The Balaban J connectivity index is 0.00000155. The largest absolute Gasteiger partial charge is 0.450 e. The van der Waals surface area contributed by atoms with Crippen molar-refractivity contribution in [3.8, 4) is 0 Å². The number of hydrogen-bond donors (Lipinski definition) is 3. The molecule has 7 rings (SSSR count). The SMILES string of the molecule is CC(=O)OC(C(=O)NCc1ccccc1)C1CCC2C(CC3C4CCC5[C@@H](C)[C@@H](O)CC[C@@]56C[C@@]46CC[C@]23C)O1.CO. The summed E-state index contributed by atoms with van der Waals surface area (Å²) in [5, 5.41) is 20.6. The molecule has 1 aromatic rings. The lowest BCUT2D eigenvalue weighted by atomic mass is 9.48. The number of aliphatic hydroxyl groups is 2. The highest BCUT2D eigenvalue weighted by Gasteiger charge is 2.79. The van der Waals surface area contributed by atoms with Gasteiger partial charge < -0.3 is 25.0 Å². The molecule has 5 saturated carbocycles. The number of carbonyl (C=O) groups excluding carboxylic acids is 2. The predicted molar refractivity (Wildman–Crippen MR) is 159 cm³/mol. The number of benzene rings is 1. The normalized spacial score (nSPS) is 45.3. The van der Waals surface area contributed by atoms with Crippen LogP contribution in [0.2, 0.25) is 0 Å². The first-order valence-electron chi connectivity index (χ1n) is 16.5. The minimum Gasteiger partial charge on any atom is -0.450 e. The van der Waals surface area contributed by atoms with Crippen molar-refractivity contribution in [3.63, 3.8) is 0 Å². The molecule has 1 amide bonds. The van der Waals surface area contributed by atoms with Crippen molar-refractivity contribution < 1.29 is 29.3 Å². The van der Waals surface area contributed by atoms with E-state index in [9.17, 15) is 14.7 Å². The van der Waals surface area contributed by atoms with Crippen LogP contribution < -0.4 is 5.32 Å². The Hall–Kier alpha value is -1.96. The van der Waals surface area contributed by atoms with E-state index in [1.807, 2.05) is 30.3 Å². The van der Waals surface area contributed by atoms with Crippen molar-refractivity contribution in [2.75, 3.05) is 7.11 Å². The highest BCUT2D eigenvalue weighted by Crippen LogP contribution is 2.86. The molecule has 7 unspecified atom stereocenters. The van der Waals surface area contributed by atoms with Gasteiger partial charge in [0.1, 0.15) is 6.10 Å². The Morgan fingerprint density at radius 2 is 1.67 bits per heavy atom. The van der Waals surface area contributed by atoms with Crippen molar-refractivity contribution >= 4 is 11.9 Å². The van der Waals surface area contributed by atoms with E-state index in [2.05, 4.69) is 19.2 Å². The van der Waals surface area contributed by atoms with Gasteiger partial charge in [0.2, 0.25) is 6.10 Å². The molecule has 6 aliphatic rings. The van der Waals surface area contributed by atoms with E-state index in [0.717, 1.165) is 44.3 Å². The molecule has 1 aliphatic heterocycles. The first kappa shape index (κ1) is 30.1. The second-order valence-corrected chi connectivity index (χ2v) is 14.7. The maximum absolute atomic E-state index is 13.3. The topological polar surface area (TPSA) is 105 Å². The van der Waals surface area contributed by atoms with Crippen molar-refractivity contribution in [1.29, 1.82) is 0 Å². The summed E-state index contributed by atoms with van der Waals surface area (Å²) < 4.78 is 12.4. The molecule has 0 radical (unpaired) electrons. The first-order chi connectivity index (χ1) is 20.2. The minimum absolute atomic E-state index is 0.117. The summed E-state index contributed by atoms with van der Waals surface area (Å²) >= 11 is 0. The predicted octanol–water partition coefficient (Wildman–Crippen LogP) is 5.02. The molecule has 42 heavy (non-hydrogen) atoms. The molecule has 232 valence electrons. The number of carbonyl (C=O) groups is 2. The Labute approximate surface area is 251 Å². The zero-order valence-corrected chi connectivity index (χ0v) is 25.9. The number of aliphatic hydroxyl groups excluding tert-OH is 2.